The molecule has 1 aliphatic rings. The summed E-state index contributed by atoms with van der Waals surface area (Å²) in [5.41, 5.74) is 0.706. The molecule has 0 unspecified atom stereocenters. The number of rotatable bonds is 3. The van der Waals surface area contributed by atoms with E-state index in [0.29, 0.717) is 11.6 Å². The predicted molar refractivity (Wildman–Crippen MR) is 70.8 cm³/mol. The maximum atomic E-state index is 12.3. The van der Waals surface area contributed by atoms with E-state index in [1.165, 1.54) is 0 Å². The molecule has 0 saturated carbocycles. The summed E-state index contributed by atoms with van der Waals surface area (Å²) in [6.45, 7) is 0.853. The quantitative estimate of drug-likeness (QED) is 0.803. The van der Waals surface area contributed by atoms with Gasteiger partial charge >= 0.3 is 0 Å². The first-order chi connectivity index (χ1) is 8.26. The van der Waals surface area contributed by atoms with Gasteiger partial charge in [-0.25, -0.2) is 0 Å². The zero-order chi connectivity index (χ0) is 12.3. The molecule has 0 aliphatic carbocycles. The van der Waals surface area contributed by atoms with Gasteiger partial charge in [0.25, 0.3) is 5.91 Å². The number of benzene rings is 1. The Kier molecular flexibility index (Phi) is 4.05. The second-order valence-corrected chi connectivity index (χ2v) is 4.83. The van der Waals surface area contributed by atoms with Crippen molar-refractivity contribution >= 4 is 21.8 Å². The van der Waals surface area contributed by atoms with Crippen LogP contribution in [-0.4, -0.2) is 35.8 Å². The molecule has 0 bridgehead atoms. The number of hydrogen-bond acceptors (Lipinski definition) is 2. The summed E-state index contributed by atoms with van der Waals surface area (Å²) >= 11 is 3.47. The first kappa shape index (κ1) is 12.4. The van der Waals surface area contributed by atoms with Gasteiger partial charge in [-0.15, -0.1) is 0 Å². The lowest BCUT2D eigenvalue weighted by molar-refractivity contribution is 0.0750. The van der Waals surface area contributed by atoms with E-state index in [1.54, 1.807) is 13.2 Å². The van der Waals surface area contributed by atoms with E-state index in [2.05, 4.69) is 15.9 Å². The molecule has 92 valence electrons. The first-order valence-corrected chi connectivity index (χ1v) is 6.89. The molecule has 17 heavy (non-hydrogen) atoms. The van der Waals surface area contributed by atoms with E-state index in [-0.39, 0.29) is 5.91 Å². The van der Waals surface area contributed by atoms with Crippen LogP contribution in [0.1, 0.15) is 23.2 Å². The number of carbonyl (C=O) groups excluding carboxylic acids is 1. The normalized spacial score (nSPS) is 19.4. The maximum Gasteiger partial charge on any atom is 0.254 e. The Bertz CT molecular complexity index is 408. The first-order valence-electron chi connectivity index (χ1n) is 5.77. The van der Waals surface area contributed by atoms with Crippen LogP contribution in [-0.2, 0) is 0 Å². The van der Waals surface area contributed by atoms with E-state index >= 15 is 0 Å². The van der Waals surface area contributed by atoms with Crippen molar-refractivity contribution in [3.63, 3.8) is 0 Å². The molecule has 0 spiro atoms. The second-order valence-electron chi connectivity index (χ2n) is 4.18. The van der Waals surface area contributed by atoms with Crippen molar-refractivity contribution < 1.29 is 9.53 Å². The fourth-order valence-corrected chi connectivity index (χ4v) is 2.86. The minimum Gasteiger partial charge on any atom is -0.497 e. The second kappa shape index (κ2) is 5.54. The fourth-order valence-electron chi connectivity index (χ4n) is 2.19. The molecule has 2 rings (SSSR count). The van der Waals surface area contributed by atoms with Crippen LogP contribution in [0.5, 0.6) is 5.75 Å². The third kappa shape index (κ3) is 2.63. The lowest BCUT2D eigenvalue weighted by Gasteiger charge is -2.23. The summed E-state index contributed by atoms with van der Waals surface area (Å²) in [6.07, 6.45) is 2.17. The Morgan fingerprint density at radius 1 is 1.59 bits per heavy atom. The zero-order valence-electron chi connectivity index (χ0n) is 9.86. The Balaban J connectivity index is 2.18. The largest absolute Gasteiger partial charge is 0.497 e. The van der Waals surface area contributed by atoms with Crippen molar-refractivity contribution in [1.82, 2.24) is 4.90 Å². The SMILES string of the molecule is COc1cccc(C(=O)N2CCC[C@H]2CBr)c1. The Labute approximate surface area is 110 Å². The van der Waals surface area contributed by atoms with Crippen molar-refractivity contribution in [2.24, 2.45) is 0 Å². The molecule has 4 heteroatoms. The van der Waals surface area contributed by atoms with Crippen molar-refractivity contribution in [1.29, 1.82) is 0 Å². The average molecular weight is 298 g/mol. The van der Waals surface area contributed by atoms with Gasteiger partial charge in [-0.2, -0.15) is 0 Å². The van der Waals surface area contributed by atoms with Gasteiger partial charge in [-0.05, 0) is 31.0 Å². The van der Waals surface area contributed by atoms with Gasteiger partial charge in [-0.1, -0.05) is 22.0 Å². The number of amides is 1. The van der Waals surface area contributed by atoms with Gasteiger partial charge in [0.15, 0.2) is 0 Å². The Hall–Kier alpha value is -1.03. The molecular formula is C13H16BrNO2. The van der Waals surface area contributed by atoms with E-state index in [1.807, 2.05) is 23.1 Å². The standard InChI is InChI=1S/C13H16BrNO2/c1-17-12-6-2-4-10(8-12)13(16)15-7-3-5-11(15)9-14/h2,4,6,8,11H,3,5,7,9H2,1H3/t11-/m0/s1. The molecule has 1 atom stereocenters. The van der Waals surface area contributed by atoms with Crippen LogP contribution >= 0.6 is 15.9 Å². The monoisotopic (exact) mass is 297 g/mol. The molecule has 1 fully saturated rings. The minimum absolute atomic E-state index is 0.103. The number of halogens is 1. The number of ether oxygens (including phenoxy) is 1. The van der Waals surface area contributed by atoms with Gasteiger partial charge in [-0.3, -0.25) is 4.79 Å². The summed E-state index contributed by atoms with van der Waals surface area (Å²) in [4.78, 5) is 14.3. The number of hydrogen-bond donors (Lipinski definition) is 0. The molecular weight excluding hydrogens is 282 g/mol. The highest BCUT2D eigenvalue weighted by molar-refractivity contribution is 9.09. The molecule has 1 aromatic rings. The van der Waals surface area contributed by atoms with E-state index in [9.17, 15) is 4.79 Å². The highest BCUT2D eigenvalue weighted by atomic mass is 79.9. The molecule has 1 aliphatic heterocycles. The topological polar surface area (TPSA) is 29.5 Å². The summed E-state index contributed by atoms with van der Waals surface area (Å²) in [7, 11) is 1.61. The van der Waals surface area contributed by atoms with E-state index < -0.39 is 0 Å². The number of alkyl halides is 1. The molecule has 1 saturated heterocycles. The summed E-state index contributed by atoms with van der Waals surface area (Å²) in [6, 6.07) is 7.67. The zero-order valence-corrected chi connectivity index (χ0v) is 11.4. The van der Waals surface area contributed by atoms with Crippen LogP contribution in [0.15, 0.2) is 24.3 Å². The van der Waals surface area contributed by atoms with Gasteiger partial charge in [0, 0.05) is 23.5 Å². The minimum atomic E-state index is 0.103. The summed E-state index contributed by atoms with van der Waals surface area (Å²) in [5, 5.41) is 0.850. The van der Waals surface area contributed by atoms with Crippen LogP contribution < -0.4 is 4.74 Å². The Morgan fingerprint density at radius 2 is 2.41 bits per heavy atom. The van der Waals surface area contributed by atoms with Gasteiger partial charge in [0.2, 0.25) is 0 Å². The molecule has 1 aromatic carbocycles. The van der Waals surface area contributed by atoms with Crippen molar-refractivity contribution in [2.75, 3.05) is 19.0 Å². The Morgan fingerprint density at radius 3 is 3.12 bits per heavy atom. The molecule has 0 aromatic heterocycles. The van der Waals surface area contributed by atoms with E-state index in [4.69, 9.17) is 4.74 Å². The average Bonchev–Trinajstić information content (AvgIpc) is 2.86. The van der Waals surface area contributed by atoms with E-state index in [0.717, 1.165) is 30.5 Å². The number of nitrogens with zero attached hydrogens (tertiary/aromatic N) is 1. The van der Waals surface area contributed by atoms with Gasteiger partial charge in [0.1, 0.15) is 5.75 Å². The van der Waals surface area contributed by atoms with Crippen LogP contribution in [0.2, 0.25) is 0 Å². The molecule has 1 heterocycles. The van der Waals surface area contributed by atoms with Crippen LogP contribution in [0.4, 0.5) is 0 Å². The number of carbonyl (C=O) groups is 1. The van der Waals surface area contributed by atoms with Crippen molar-refractivity contribution in [3.05, 3.63) is 29.8 Å². The highest BCUT2D eigenvalue weighted by Crippen LogP contribution is 2.22. The predicted octanol–water partition coefficient (Wildman–Crippen LogP) is 2.69. The lowest BCUT2D eigenvalue weighted by atomic mass is 10.1. The molecule has 0 N–H and O–H groups in total. The van der Waals surface area contributed by atoms with Gasteiger partial charge in [0.05, 0.1) is 7.11 Å². The van der Waals surface area contributed by atoms with Crippen LogP contribution in [0.3, 0.4) is 0 Å². The maximum absolute atomic E-state index is 12.3. The third-order valence-corrected chi connectivity index (χ3v) is 3.88. The molecule has 3 nitrogen and oxygen atoms in total. The van der Waals surface area contributed by atoms with Crippen LogP contribution in [0.25, 0.3) is 0 Å². The number of methoxy groups -OCH3 is 1. The highest BCUT2D eigenvalue weighted by Gasteiger charge is 2.28. The molecule has 0 radical (unpaired) electrons. The third-order valence-electron chi connectivity index (χ3n) is 3.13. The van der Waals surface area contributed by atoms with Gasteiger partial charge < -0.3 is 9.64 Å². The van der Waals surface area contributed by atoms with Crippen molar-refractivity contribution in [2.45, 2.75) is 18.9 Å². The molecule has 1 amide bonds. The fraction of sp³-hybridized carbons (Fsp3) is 0.462. The summed E-state index contributed by atoms with van der Waals surface area (Å²) in [5.74, 6) is 0.830. The smallest absolute Gasteiger partial charge is 0.254 e. The van der Waals surface area contributed by atoms with Crippen molar-refractivity contribution in [3.8, 4) is 5.75 Å². The lowest BCUT2D eigenvalue weighted by Crippen LogP contribution is -2.36. The summed E-state index contributed by atoms with van der Waals surface area (Å²) < 4.78 is 5.14. The number of likely N-dealkylation sites (tertiary alicyclic amines) is 1. The van der Waals surface area contributed by atoms with Crippen LogP contribution in [0, 0.1) is 0 Å².